The van der Waals surface area contributed by atoms with E-state index >= 15 is 0 Å². The van der Waals surface area contributed by atoms with E-state index < -0.39 is 11.6 Å². The predicted molar refractivity (Wildman–Crippen MR) is 74.7 cm³/mol. The lowest BCUT2D eigenvalue weighted by Gasteiger charge is -2.10. The minimum atomic E-state index is -0.466. The highest BCUT2D eigenvalue weighted by molar-refractivity contribution is 7.99. The Kier molecular flexibility index (Phi) is 4.80. The topological polar surface area (TPSA) is 26.0 Å². The normalized spacial score (nSPS) is 10.7. The van der Waals surface area contributed by atoms with Gasteiger partial charge in [0.25, 0.3) is 0 Å². The molecule has 2 aromatic rings. The summed E-state index contributed by atoms with van der Waals surface area (Å²) in [7, 11) is 0. The molecule has 0 spiro atoms. The molecule has 0 unspecified atom stereocenters. The summed E-state index contributed by atoms with van der Waals surface area (Å²) >= 11 is 7.26. The fourth-order valence-corrected chi connectivity index (χ4v) is 3.08. The quantitative estimate of drug-likeness (QED) is 0.912. The van der Waals surface area contributed by atoms with Crippen molar-refractivity contribution in [3.8, 4) is 0 Å². The van der Waals surface area contributed by atoms with Crippen LogP contribution in [0.5, 0.6) is 0 Å². The molecule has 0 fully saturated rings. The van der Waals surface area contributed by atoms with Crippen LogP contribution >= 0.6 is 23.4 Å². The summed E-state index contributed by atoms with van der Waals surface area (Å²) in [5.41, 5.74) is 6.41. The van der Waals surface area contributed by atoms with E-state index in [1.54, 1.807) is 12.1 Å². The molecule has 0 amide bonds. The van der Waals surface area contributed by atoms with Crippen LogP contribution < -0.4 is 5.73 Å². The zero-order chi connectivity index (χ0) is 13.8. The van der Waals surface area contributed by atoms with Gasteiger partial charge in [-0.05, 0) is 48.9 Å². The molecule has 2 rings (SSSR count). The number of nitrogens with two attached hydrogens (primary N) is 1. The summed E-state index contributed by atoms with van der Waals surface area (Å²) in [6.45, 7) is 0.447. The minimum Gasteiger partial charge on any atom is -0.330 e. The maximum Gasteiger partial charge on any atom is 0.137 e. The van der Waals surface area contributed by atoms with Crippen molar-refractivity contribution in [2.45, 2.75) is 16.2 Å². The molecule has 0 aliphatic carbocycles. The zero-order valence-electron chi connectivity index (χ0n) is 10.00. The molecule has 2 aromatic carbocycles. The molecule has 0 aromatic heterocycles. The van der Waals surface area contributed by atoms with Gasteiger partial charge < -0.3 is 5.73 Å². The molecule has 0 aliphatic rings. The first kappa shape index (κ1) is 14.3. The largest absolute Gasteiger partial charge is 0.330 e. The van der Waals surface area contributed by atoms with E-state index in [-0.39, 0.29) is 4.90 Å². The monoisotopic (exact) mass is 299 g/mol. The molecule has 2 N–H and O–H groups in total. The summed E-state index contributed by atoms with van der Waals surface area (Å²) in [6.07, 6.45) is 0.596. The Labute approximate surface area is 119 Å². The second kappa shape index (κ2) is 6.37. The second-order valence-corrected chi connectivity index (χ2v) is 5.42. The van der Waals surface area contributed by atoms with Crippen LogP contribution in [0.1, 0.15) is 5.56 Å². The first-order chi connectivity index (χ1) is 9.11. The SMILES string of the molecule is NCCc1c(Cl)cccc1Sc1cc(F)ccc1F. The van der Waals surface area contributed by atoms with E-state index in [2.05, 4.69) is 0 Å². The highest BCUT2D eigenvalue weighted by Gasteiger charge is 2.11. The molecule has 1 nitrogen and oxygen atoms in total. The van der Waals surface area contributed by atoms with Gasteiger partial charge in [-0.3, -0.25) is 0 Å². The molecule has 0 radical (unpaired) electrons. The maximum absolute atomic E-state index is 13.6. The lowest BCUT2D eigenvalue weighted by atomic mass is 10.1. The summed E-state index contributed by atoms with van der Waals surface area (Å²) in [6, 6.07) is 8.75. The minimum absolute atomic E-state index is 0.237. The Bertz CT molecular complexity index is 590. The zero-order valence-corrected chi connectivity index (χ0v) is 11.6. The van der Waals surface area contributed by atoms with Crippen LogP contribution in [-0.2, 0) is 6.42 Å². The van der Waals surface area contributed by atoms with Crippen molar-refractivity contribution in [3.05, 3.63) is 58.6 Å². The Morgan fingerprint density at radius 3 is 2.63 bits per heavy atom. The van der Waals surface area contributed by atoms with Crippen LogP contribution in [0.3, 0.4) is 0 Å². The van der Waals surface area contributed by atoms with Crippen molar-refractivity contribution >= 4 is 23.4 Å². The molecule has 0 bridgehead atoms. The number of halogens is 3. The molecule has 100 valence electrons. The van der Waals surface area contributed by atoms with Crippen LogP contribution in [0.15, 0.2) is 46.2 Å². The van der Waals surface area contributed by atoms with Crippen molar-refractivity contribution < 1.29 is 8.78 Å². The van der Waals surface area contributed by atoms with Crippen LogP contribution in [0, 0.1) is 11.6 Å². The van der Waals surface area contributed by atoms with Crippen molar-refractivity contribution in [3.63, 3.8) is 0 Å². The standard InChI is InChI=1S/C14H12ClF2NS/c15-11-2-1-3-13(10(11)6-7-18)19-14-8-9(16)4-5-12(14)17/h1-5,8H,6-7,18H2. The summed E-state index contributed by atoms with van der Waals surface area (Å²) < 4.78 is 26.8. The molecular weight excluding hydrogens is 288 g/mol. The van der Waals surface area contributed by atoms with Gasteiger partial charge in [0, 0.05) is 9.92 Å². The Hall–Kier alpha value is -1.10. The van der Waals surface area contributed by atoms with Crippen LogP contribution in [0.25, 0.3) is 0 Å². The number of benzene rings is 2. The highest BCUT2D eigenvalue weighted by atomic mass is 35.5. The third-order valence-electron chi connectivity index (χ3n) is 2.58. The molecule has 0 aliphatic heterocycles. The van der Waals surface area contributed by atoms with Crippen LogP contribution in [-0.4, -0.2) is 6.54 Å². The number of rotatable bonds is 4. The van der Waals surface area contributed by atoms with E-state index in [0.717, 1.165) is 34.4 Å². The molecule has 0 atom stereocenters. The van der Waals surface area contributed by atoms with Crippen LogP contribution in [0.2, 0.25) is 5.02 Å². The van der Waals surface area contributed by atoms with Crippen molar-refractivity contribution in [1.82, 2.24) is 0 Å². The smallest absolute Gasteiger partial charge is 0.137 e. The number of hydrogen-bond acceptors (Lipinski definition) is 2. The predicted octanol–water partition coefficient (Wildman–Crippen LogP) is 4.27. The average Bonchev–Trinajstić information content (AvgIpc) is 2.38. The van der Waals surface area contributed by atoms with Gasteiger partial charge in [0.2, 0.25) is 0 Å². The first-order valence-electron chi connectivity index (χ1n) is 5.72. The molecule has 0 saturated heterocycles. The summed E-state index contributed by atoms with van der Waals surface area (Å²) in [4.78, 5) is 1.03. The summed E-state index contributed by atoms with van der Waals surface area (Å²) in [5.74, 6) is -0.920. The third kappa shape index (κ3) is 3.47. The van der Waals surface area contributed by atoms with E-state index in [4.69, 9.17) is 17.3 Å². The maximum atomic E-state index is 13.6. The van der Waals surface area contributed by atoms with E-state index in [1.165, 1.54) is 6.07 Å². The lowest BCUT2D eigenvalue weighted by molar-refractivity contribution is 0.577. The van der Waals surface area contributed by atoms with Gasteiger partial charge in [0.15, 0.2) is 0 Å². The van der Waals surface area contributed by atoms with Crippen molar-refractivity contribution in [2.75, 3.05) is 6.54 Å². The highest BCUT2D eigenvalue weighted by Crippen LogP contribution is 2.35. The molecule has 5 heteroatoms. The van der Waals surface area contributed by atoms with Gasteiger partial charge in [0.1, 0.15) is 11.6 Å². The third-order valence-corrected chi connectivity index (χ3v) is 4.07. The van der Waals surface area contributed by atoms with E-state index in [0.29, 0.717) is 18.0 Å². The fourth-order valence-electron chi connectivity index (χ4n) is 1.70. The van der Waals surface area contributed by atoms with Gasteiger partial charge in [-0.2, -0.15) is 0 Å². The van der Waals surface area contributed by atoms with Gasteiger partial charge in [-0.15, -0.1) is 0 Å². The average molecular weight is 300 g/mol. The van der Waals surface area contributed by atoms with Gasteiger partial charge in [-0.1, -0.05) is 29.4 Å². The van der Waals surface area contributed by atoms with Crippen molar-refractivity contribution in [2.24, 2.45) is 5.73 Å². The molecule has 0 heterocycles. The summed E-state index contributed by atoms with van der Waals surface area (Å²) in [5, 5.41) is 0.590. The van der Waals surface area contributed by atoms with E-state index in [1.807, 2.05) is 6.07 Å². The fraction of sp³-hybridized carbons (Fsp3) is 0.143. The number of hydrogen-bond donors (Lipinski definition) is 1. The Morgan fingerprint density at radius 1 is 1.11 bits per heavy atom. The van der Waals surface area contributed by atoms with Crippen LogP contribution in [0.4, 0.5) is 8.78 Å². The van der Waals surface area contributed by atoms with E-state index in [9.17, 15) is 8.78 Å². The first-order valence-corrected chi connectivity index (χ1v) is 6.91. The molecular formula is C14H12ClF2NS. The molecule has 0 saturated carbocycles. The Morgan fingerprint density at radius 2 is 1.89 bits per heavy atom. The van der Waals surface area contributed by atoms with Gasteiger partial charge in [-0.25, -0.2) is 8.78 Å². The molecule has 19 heavy (non-hydrogen) atoms. The van der Waals surface area contributed by atoms with Crippen molar-refractivity contribution in [1.29, 1.82) is 0 Å². The second-order valence-electron chi connectivity index (χ2n) is 3.93. The van der Waals surface area contributed by atoms with Gasteiger partial charge in [0.05, 0.1) is 4.90 Å². The lowest BCUT2D eigenvalue weighted by Crippen LogP contribution is -2.04. The van der Waals surface area contributed by atoms with Gasteiger partial charge >= 0.3 is 0 Å². The Balaban J connectivity index is 2.37.